The summed E-state index contributed by atoms with van der Waals surface area (Å²) in [4.78, 5) is 19.0. The van der Waals surface area contributed by atoms with Gasteiger partial charge in [0.1, 0.15) is 5.75 Å². The molecule has 2 aromatic rings. The number of nitrogens with one attached hydrogen (secondary N) is 3. The van der Waals surface area contributed by atoms with Gasteiger partial charge in [0.2, 0.25) is 5.91 Å². The number of carbonyl (C=O) groups is 1. The second kappa shape index (κ2) is 12.5. The molecule has 8 heteroatoms. The van der Waals surface area contributed by atoms with Crippen LogP contribution in [-0.4, -0.2) is 70.3 Å². The van der Waals surface area contributed by atoms with Gasteiger partial charge in [0.25, 0.3) is 0 Å². The molecule has 174 valence electrons. The number of amides is 1. The van der Waals surface area contributed by atoms with Gasteiger partial charge in [-0.1, -0.05) is 24.1 Å². The van der Waals surface area contributed by atoms with Crippen LogP contribution in [0, 0.1) is 12.3 Å². The van der Waals surface area contributed by atoms with Crippen molar-refractivity contribution in [3.8, 4) is 18.1 Å². The minimum absolute atomic E-state index is 0.0741. The fraction of sp³-hybridized carbons (Fsp3) is 0.360. The van der Waals surface area contributed by atoms with Crippen molar-refractivity contribution >= 4 is 17.6 Å². The number of carbonyl (C=O) groups excluding carboxylic acids is 1. The maximum atomic E-state index is 12.4. The average Bonchev–Trinajstić information content (AvgIpc) is 2.87. The fourth-order valence-corrected chi connectivity index (χ4v) is 3.64. The highest BCUT2D eigenvalue weighted by molar-refractivity contribution is 5.95. The van der Waals surface area contributed by atoms with Crippen LogP contribution in [0.1, 0.15) is 17.2 Å². The first-order chi connectivity index (χ1) is 16.1. The lowest BCUT2D eigenvalue weighted by Gasteiger charge is -2.35. The molecule has 0 saturated carbocycles. The predicted octanol–water partition coefficient (Wildman–Crippen LogP) is 1.85. The van der Waals surface area contributed by atoms with Gasteiger partial charge in [0.05, 0.1) is 32.9 Å². The molecular formula is C25H31N5O3. The Morgan fingerprint density at radius 3 is 2.64 bits per heavy atom. The van der Waals surface area contributed by atoms with Gasteiger partial charge in [-0.25, -0.2) is 0 Å². The Bertz CT molecular complexity index is 978. The summed E-state index contributed by atoms with van der Waals surface area (Å²) in [5, 5.41) is 9.25. The van der Waals surface area contributed by atoms with Crippen molar-refractivity contribution in [1.82, 2.24) is 15.5 Å². The summed E-state index contributed by atoms with van der Waals surface area (Å²) in [6.07, 6.45) is 5.42. The summed E-state index contributed by atoms with van der Waals surface area (Å²) in [6, 6.07) is 15.4. The number of guanidine groups is 1. The van der Waals surface area contributed by atoms with Gasteiger partial charge in [-0.15, -0.1) is 6.42 Å². The summed E-state index contributed by atoms with van der Waals surface area (Å²) in [5.74, 6) is 3.74. The number of terminal acetylenes is 1. The Labute approximate surface area is 195 Å². The highest BCUT2D eigenvalue weighted by atomic mass is 16.5. The number of nitrogens with zero attached hydrogens (tertiary/aromatic N) is 2. The number of anilines is 1. The monoisotopic (exact) mass is 449 g/mol. The molecule has 33 heavy (non-hydrogen) atoms. The van der Waals surface area contributed by atoms with Crippen LogP contribution in [0.3, 0.4) is 0 Å². The molecule has 3 N–H and O–H groups in total. The zero-order chi connectivity index (χ0) is 23.5. The lowest BCUT2D eigenvalue weighted by Crippen LogP contribution is -2.47. The molecule has 1 aliphatic heterocycles. The standard InChI is InChI=1S/C25H31N5O3/c1-4-19-6-5-7-21(16-19)29-24(31)18-28-25(26-2)27-17-23(30-12-14-33-15-13-30)20-8-10-22(32-3)11-9-20/h1,5-11,16,23H,12-15,17-18H2,2-3H3,(H,29,31)(H2,26,27,28). The smallest absolute Gasteiger partial charge is 0.243 e. The van der Waals surface area contributed by atoms with Crippen LogP contribution < -0.4 is 20.7 Å². The van der Waals surface area contributed by atoms with Crippen molar-refractivity contribution < 1.29 is 14.3 Å². The highest BCUT2D eigenvalue weighted by Gasteiger charge is 2.23. The van der Waals surface area contributed by atoms with Crippen LogP contribution in [0.25, 0.3) is 0 Å². The SMILES string of the molecule is C#Cc1cccc(NC(=O)CNC(=NC)NCC(c2ccc(OC)cc2)N2CCOCC2)c1. The van der Waals surface area contributed by atoms with Gasteiger partial charge in [0, 0.05) is 37.9 Å². The van der Waals surface area contributed by atoms with Crippen molar-refractivity contribution in [3.05, 3.63) is 59.7 Å². The van der Waals surface area contributed by atoms with Crippen molar-refractivity contribution in [3.63, 3.8) is 0 Å². The summed E-state index contributed by atoms with van der Waals surface area (Å²) < 4.78 is 10.8. The third-order valence-electron chi connectivity index (χ3n) is 5.40. The molecule has 0 bridgehead atoms. The van der Waals surface area contributed by atoms with Crippen LogP contribution >= 0.6 is 0 Å². The topological polar surface area (TPSA) is 87.2 Å². The quantitative estimate of drug-likeness (QED) is 0.324. The maximum absolute atomic E-state index is 12.4. The van der Waals surface area contributed by atoms with Gasteiger partial charge in [0.15, 0.2) is 5.96 Å². The Morgan fingerprint density at radius 1 is 1.21 bits per heavy atom. The molecule has 1 atom stereocenters. The first-order valence-electron chi connectivity index (χ1n) is 10.9. The molecule has 1 aliphatic rings. The third-order valence-corrected chi connectivity index (χ3v) is 5.40. The summed E-state index contributed by atoms with van der Waals surface area (Å²) in [6.45, 7) is 3.82. The van der Waals surface area contributed by atoms with E-state index in [-0.39, 0.29) is 18.5 Å². The molecule has 8 nitrogen and oxygen atoms in total. The van der Waals surface area contributed by atoms with Crippen LogP contribution in [-0.2, 0) is 9.53 Å². The van der Waals surface area contributed by atoms with E-state index < -0.39 is 0 Å². The van der Waals surface area contributed by atoms with E-state index >= 15 is 0 Å². The van der Waals surface area contributed by atoms with Crippen LogP contribution in [0.5, 0.6) is 5.75 Å². The Balaban J connectivity index is 1.57. The molecule has 1 fully saturated rings. The number of methoxy groups -OCH3 is 1. The van der Waals surface area contributed by atoms with E-state index in [1.807, 2.05) is 24.3 Å². The highest BCUT2D eigenvalue weighted by Crippen LogP contribution is 2.23. The molecule has 0 spiro atoms. The van der Waals surface area contributed by atoms with Crippen molar-refractivity contribution in [1.29, 1.82) is 0 Å². The molecule has 0 aromatic heterocycles. The van der Waals surface area contributed by atoms with E-state index in [1.54, 1.807) is 26.3 Å². The average molecular weight is 450 g/mol. The Morgan fingerprint density at radius 2 is 1.97 bits per heavy atom. The third kappa shape index (κ3) is 7.24. The predicted molar refractivity (Wildman–Crippen MR) is 130 cm³/mol. The second-order valence-corrected chi connectivity index (χ2v) is 7.52. The zero-order valence-corrected chi connectivity index (χ0v) is 19.1. The Kier molecular flexibility index (Phi) is 9.12. The summed E-state index contributed by atoms with van der Waals surface area (Å²) >= 11 is 0. The molecule has 0 aliphatic carbocycles. The van der Waals surface area contributed by atoms with E-state index in [2.05, 4.69) is 43.9 Å². The maximum Gasteiger partial charge on any atom is 0.243 e. The summed E-state index contributed by atoms with van der Waals surface area (Å²) in [5.41, 5.74) is 2.55. The number of benzene rings is 2. The molecule has 1 amide bonds. The van der Waals surface area contributed by atoms with Crippen LogP contribution in [0.15, 0.2) is 53.5 Å². The number of aliphatic imine (C=N–C) groups is 1. The van der Waals surface area contributed by atoms with E-state index in [9.17, 15) is 4.79 Å². The number of hydrogen-bond acceptors (Lipinski definition) is 5. The molecule has 2 aromatic carbocycles. The molecule has 0 radical (unpaired) electrons. The van der Waals surface area contributed by atoms with E-state index in [4.69, 9.17) is 15.9 Å². The lowest BCUT2D eigenvalue weighted by atomic mass is 10.0. The molecule has 3 rings (SSSR count). The number of rotatable bonds is 8. The van der Waals surface area contributed by atoms with Crippen molar-refractivity contribution in [2.24, 2.45) is 4.99 Å². The van der Waals surface area contributed by atoms with Crippen LogP contribution in [0.2, 0.25) is 0 Å². The fourth-order valence-electron chi connectivity index (χ4n) is 3.64. The van der Waals surface area contributed by atoms with Gasteiger partial charge < -0.3 is 25.4 Å². The van der Waals surface area contributed by atoms with Crippen molar-refractivity contribution in [2.75, 3.05) is 58.9 Å². The largest absolute Gasteiger partial charge is 0.497 e. The zero-order valence-electron chi connectivity index (χ0n) is 19.1. The number of ether oxygens (including phenoxy) is 2. The molecule has 1 heterocycles. The van der Waals surface area contributed by atoms with Gasteiger partial charge in [-0.3, -0.25) is 14.7 Å². The van der Waals surface area contributed by atoms with Gasteiger partial charge >= 0.3 is 0 Å². The lowest BCUT2D eigenvalue weighted by molar-refractivity contribution is -0.115. The van der Waals surface area contributed by atoms with E-state index in [0.29, 0.717) is 37.0 Å². The van der Waals surface area contributed by atoms with E-state index in [0.717, 1.165) is 18.8 Å². The number of morpholine rings is 1. The molecule has 1 saturated heterocycles. The summed E-state index contributed by atoms with van der Waals surface area (Å²) in [7, 11) is 3.34. The minimum Gasteiger partial charge on any atom is -0.497 e. The van der Waals surface area contributed by atoms with Gasteiger partial charge in [-0.2, -0.15) is 0 Å². The van der Waals surface area contributed by atoms with Crippen molar-refractivity contribution in [2.45, 2.75) is 6.04 Å². The first kappa shape index (κ1) is 24.1. The number of hydrogen-bond donors (Lipinski definition) is 3. The van der Waals surface area contributed by atoms with E-state index in [1.165, 1.54) is 5.56 Å². The Hall–Kier alpha value is -3.54. The van der Waals surface area contributed by atoms with Gasteiger partial charge in [-0.05, 0) is 35.9 Å². The molecule has 1 unspecified atom stereocenters. The molecular weight excluding hydrogens is 418 g/mol. The minimum atomic E-state index is -0.188. The van der Waals surface area contributed by atoms with Crippen LogP contribution in [0.4, 0.5) is 5.69 Å². The first-order valence-corrected chi connectivity index (χ1v) is 10.9. The normalized spacial score (nSPS) is 15.2. The second-order valence-electron chi connectivity index (χ2n) is 7.52.